The number of nitrogens with zero attached hydrogens (tertiary/aromatic N) is 2. The molecule has 5 rings (SSSR count). The molecule has 1 saturated heterocycles. The fourth-order valence-corrected chi connectivity index (χ4v) is 3.97. The van der Waals surface area contributed by atoms with Gasteiger partial charge in [-0.1, -0.05) is 12.1 Å². The summed E-state index contributed by atoms with van der Waals surface area (Å²) in [6, 6.07) is 16.1. The van der Waals surface area contributed by atoms with Crippen molar-refractivity contribution in [1.29, 1.82) is 0 Å². The molecule has 0 unspecified atom stereocenters. The van der Waals surface area contributed by atoms with Crippen molar-refractivity contribution in [1.82, 2.24) is 10.3 Å². The molecule has 2 atom stereocenters. The van der Waals surface area contributed by atoms with Gasteiger partial charge >= 0.3 is 5.63 Å². The minimum atomic E-state index is -0.446. The average molecular weight is 375 g/mol. The van der Waals surface area contributed by atoms with Gasteiger partial charge in [0.2, 0.25) is 5.89 Å². The molecule has 1 aliphatic heterocycles. The number of para-hydroxylation sites is 2. The van der Waals surface area contributed by atoms with Gasteiger partial charge in [-0.05, 0) is 44.2 Å². The lowest BCUT2D eigenvalue weighted by molar-refractivity contribution is 0.407. The first-order valence-electron chi connectivity index (χ1n) is 9.52. The van der Waals surface area contributed by atoms with E-state index in [0.29, 0.717) is 34.3 Å². The summed E-state index contributed by atoms with van der Waals surface area (Å²) >= 11 is 0. The summed E-state index contributed by atoms with van der Waals surface area (Å²) in [6.07, 6.45) is 0. The lowest BCUT2D eigenvalue weighted by Gasteiger charge is -2.37. The molecule has 0 bridgehead atoms. The maximum atomic E-state index is 12.6. The van der Waals surface area contributed by atoms with E-state index in [0.717, 1.165) is 24.2 Å². The van der Waals surface area contributed by atoms with Gasteiger partial charge in [0.15, 0.2) is 5.58 Å². The summed E-state index contributed by atoms with van der Waals surface area (Å²) < 4.78 is 11.4. The highest BCUT2D eigenvalue weighted by Gasteiger charge is 2.22. The predicted molar refractivity (Wildman–Crippen MR) is 110 cm³/mol. The molecule has 1 fully saturated rings. The van der Waals surface area contributed by atoms with Crippen LogP contribution in [0.15, 0.2) is 62.2 Å². The van der Waals surface area contributed by atoms with Gasteiger partial charge in [-0.3, -0.25) is 0 Å². The lowest BCUT2D eigenvalue weighted by atomic mass is 10.1. The van der Waals surface area contributed by atoms with Gasteiger partial charge in [0, 0.05) is 42.3 Å². The quantitative estimate of drug-likeness (QED) is 0.538. The van der Waals surface area contributed by atoms with Crippen LogP contribution in [0.2, 0.25) is 0 Å². The van der Waals surface area contributed by atoms with Gasteiger partial charge in [-0.25, -0.2) is 9.78 Å². The van der Waals surface area contributed by atoms with Crippen molar-refractivity contribution >= 4 is 27.8 Å². The molecule has 2 aromatic heterocycles. The molecule has 6 heteroatoms. The summed E-state index contributed by atoms with van der Waals surface area (Å²) in [5.41, 5.74) is 2.88. The van der Waals surface area contributed by atoms with Gasteiger partial charge in [-0.15, -0.1) is 0 Å². The highest BCUT2D eigenvalue weighted by molar-refractivity contribution is 5.84. The fourth-order valence-electron chi connectivity index (χ4n) is 3.97. The Hall–Kier alpha value is -3.12. The number of oxazole rings is 1. The standard InChI is InChI=1S/C22H21N3O3/c1-13-11-25(12-14(2)23-13)16-8-7-15-9-17(22(26)28-20(15)10-16)21-24-18-5-3-4-6-19(18)27-21/h3-10,13-14,23H,11-12H2,1-2H3/t13-,14+. The van der Waals surface area contributed by atoms with E-state index in [4.69, 9.17) is 8.83 Å². The summed E-state index contributed by atoms with van der Waals surface area (Å²) in [6.45, 7) is 6.19. The fraction of sp³-hybridized carbons (Fsp3) is 0.273. The second-order valence-electron chi connectivity index (χ2n) is 7.53. The van der Waals surface area contributed by atoms with Crippen molar-refractivity contribution in [2.75, 3.05) is 18.0 Å². The Morgan fingerprint density at radius 1 is 1.00 bits per heavy atom. The molecule has 28 heavy (non-hydrogen) atoms. The smallest absolute Gasteiger partial charge is 0.349 e. The number of rotatable bonds is 2. The number of hydrogen-bond donors (Lipinski definition) is 1. The lowest BCUT2D eigenvalue weighted by Crippen LogP contribution is -2.54. The SMILES string of the molecule is C[C@@H]1CN(c2ccc3cc(-c4nc5ccccc5o4)c(=O)oc3c2)C[C@H](C)N1. The van der Waals surface area contributed by atoms with Crippen molar-refractivity contribution in [3.8, 4) is 11.5 Å². The predicted octanol–water partition coefficient (Wildman–Crippen LogP) is 3.79. The summed E-state index contributed by atoms with van der Waals surface area (Å²) in [5.74, 6) is 0.283. The van der Waals surface area contributed by atoms with Crippen LogP contribution < -0.4 is 15.8 Å². The number of benzene rings is 2. The molecule has 0 radical (unpaired) electrons. The van der Waals surface area contributed by atoms with Gasteiger partial charge < -0.3 is 19.1 Å². The van der Waals surface area contributed by atoms with Crippen molar-refractivity contribution in [2.24, 2.45) is 0 Å². The van der Waals surface area contributed by atoms with Crippen molar-refractivity contribution < 1.29 is 8.83 Å². The maximum absolute atomic E-state index is 12.6. The van der Waals surface area contributed by atoms with Crippen molar-refractivity contribution in [3.05, 3.63) is 59.0 Å². The first kappa shape index (κ1) is 17.0. The van der Waals surface area contributed by atoms with E-state index in [1.165, 1.54) is 0 Å². The maximum Gasteiger partial charge on any atom is 0.349 e. The van der Waals surface area contributed by atoms with Crippen LogP contribution in [0, 0.1) is 0 Å². The number of nitrogens with one attached hydrogen (secondary N) is 1. The van der Waals surface area contributed by atoms with Crippen LogP contribution >= 0.6 is 0 Å². The highest BCUT2D eigenvalue weighted by atomic mass is 16.4. The third kappa shape index (κ3) is 2.96. The van der Waals surface area contributed by atoms with E-state index in [2.05, 4.69) is 35.1 Å². The molecule has 3 heterocycles. The highest BCUT2D eigenvalue weighted by Crippen LogP contribution is 2.27. The second-order valence-corrected chi connectivity index (χ2v) is 7.53. The van der Waals surface area contributed by atoms with Crippen LogP contribution in [0.5, 0.6) is 0 Å². The molecule has 4 aromatic rings. The molecule has 0 saturated carbocycles. The average Bonchev–Trinajstić information content (AvgIpc) is 3.10. The van der Waals surface area contributed by atoms with E-state index in [9.17, 15) is 4.79 Å². The molecule has 1 aliphatic rings. The molecule has 6 nitrogen and oxygen atoms in total. The molecule has 2 aromatic carbocycles. The zero-order chi connectivity index (χ0) is 19.3. The van der Waals surface area contributed by atoms with Gasteiger partial charge in [0.05, 0.1) is 0 Å². The number of anilines is 1. The summed E-state index contributed by atoms with van der Waals surface area (Å²) in [7, 11) is 0. The third-order valence-corrected chi connectivity index (χ3v) is 5.17. The van der Waals surface area contributed by atoms with Crippen LogP contribution in [-0.2, 0) is 0 Å². The van der Waals surface area contributed by atoms with E-state index in [-0.39, 0.29) is 5.89 Å². The Labute approximate surface area is 161 Å². The Morgan fingerprint density at radius 3 is 2.57 bits per heavy atom. The van der Waals surface area contributed by atoms with E-state index >= 15 is 0 Å². The van der Waals surface area contributed by atoms with E-state index < -0.39 is 5.63 Å². The normalized spacial score (nSPS) is 20.1. The topological polar surface area (TPSA) is 71.5 Å². The number of piperazine rings is 1. The monoisotopic (exact) mass is 375 g/mol. The molecule has 1 N–H and O–H groups in total. The van der Waals surface area contributed by atoms with Gasteiger partial charge in [0.1, 0.15) is 16.7 Å². The molecule has 0 spiro atoms. The minimum Gasteiger partial charge on any atom is -0.436 e. The zero-order valence-corrected chi connectivity index (χ0v) is 15.8. The minimum absolute atomic E-state index is 0.283. The van der Waals surface area contributed by atoms with Crippen LogP contribution in [0.1, 0.15) is 13.8 Å². The van der Waals surface area contributed by atoms with Gasteiger partial charge in [-0.2, -0.15) is 0 Å². The van der Waals surface area contributed by atoms with Gasteiger partial charge in [0.25, 0.3) is 0 Å². The van der Waals surface area contributed by atoms with Crippen LogP contribution in [0.3, 0.4) is 0 Å². The summed E-state index contributed by atoms with van der Waals surface area (Å²) in [4.78, 5) is 19.3. The first-order chi connectivity index (χ1) is 13.6. The Bertz CT molecular complexity index is 1180. The summed E-state index contributed by atoms with van der Waals surface area (Å²) in [5, 5.41) is 4.37. The third-order valence-electron chi connectivity index (χ3n) is 5.17. The molecule has 0 amide bonds. The zero-order valence-electron chi connectivity index (χ0n) is 15.8. The van der Waals surface area contributed by atoms with Crippen LogP contribution in [0.25, 0.3) is 33.5 Å². The Balaban J connectivity index is 1.55. The number of hydrogen-bond acceptors (Lipinski definition) is 6. The molecular formula is C22H21N3O3. The number of aromatic nitrogens is 1. The molecule has 142 valence electrons. The second kappa shape index (κ2) is 6.49. The van der Waals surface area contributed by atoms with Crippen LogP contribution in [0.4, 0.5) is 5.69 Å². The largest absolute Gasteiger partial charge is 0.436 e. The van der Waals surface area contributed by atoms with E-state index in [1.54, 1.807) is 6.07 Å². The number of fused-ring (bicyclic) bond motifs is 2. The first-order valence-corrected chi connectivity index (χ1v) is 9.52. The van der Waals surface area contributed by atoms with Crippen molar-refractivity contribution in [2.45, 2.75) is 25.9 Å². The van der Waals surface area contributed by atoms with Crippen molar-refractivity contribution in [3.63, 3.8) is 0 Å². The molecular weight excluding hydrogens is 354 g/mol. The Morgan fingerprint density at radius 2 is 1.79 bits per heavy atom. The molecule has 0 aliphatic carbocycles. The Kier molecular flexibility index (Phi) is 3.94. The van der Waals surface area contributed by atoms with E-state index in [1.807, 2.05) is 36.4 Å². The van der Waals surface area contributed by atoms with Crippen LogP contribution in [-0.4, -0.2) is 30.2 Å².